The van der Waals surface area contributed by atoms with Gasteiger partial charge in [-0.3, -0.25) is 9.59 Å². The molecule has 0 fully saturated rings. The fraction of sp³-hybridized carbons (Fsp3) is 0.167. The molecule has 0 spiro atoms. The van der Waals surface area contributed by atoms with Crippen LogP contribution in [0.25, 0.3) is 11.5 Å². The number of amides is 2. The molecule has 2 aromatic heterocycles. The van der Waals surface area contributed by atoms with Crippen LogP contribution in [0.2, 0.25) is 0 Å². The number of halogens is 1. The maximum absolute atomic E-state index is 13.5. The van der Waals surface area contributed by atoms with Gasteiger partial charge in [-0.2, -0.15) is 0 Å². The molecule has 3 rings (SSSR count). The molecule has 0 radical (unpaired) electrons. The minimum Gasteiger partial charge on any atom is -0.461 e. The molecular formula is C18H16FN3O4. The Morgan fingerprint density at radius 1 is 1.08 bits per heavy atom. The average Bonchev–Trinajstić information content (AvgIpc) is 3.31. The molecular weight excluding hydrogens is 341 g/mol. The van der Waals surface area contributed by atoms with Gasteiger partial charge in [0.1, 0.15) is 5.82 Å². The number of furan rings is 1. The van der Waals surface area contributed by atoms with Gasteiger partial charge in [0.25, 0.3) is 11.8 Å². The Labute approximate surface area is 148 Å². The number of benzene rings is 1. The average molecular weight is 357 g/mol. The number of rotatable bonds is 6. The molecule has 0 unspecified atom stereocenters. The van der Waals surface area contributed by atoms with Gasteiger partial charge in [0, 0.05) is 24.7 Å². The quantitative estimate of drug-likeness (QED) is 0.661. The summed E-state index contributed by atoms with van der Waals surface area (Å²) in [6, 6.07) is 9.09. The molecule has 2 amide bonds. The summed E-state index contributed by atoms with van der Waals surface area (Å²) >= 11 is 0. The van der Waals surface area contributed by atoms with E-state index in [1.165, 1.54) is 30.5 Å². The van der Waals surface area contributed by atoms with Gasteiger partial charge in [0.2, 0.25) is 5.76 Å². The number of carbonyl (C=O) groups is 2. The van der Waals surface area contributed by atoms with Gasteiger partial charge in [-0.15, -0.1) is 0 Å². The minimum absolute atomic E-state index is 0.100. The van der Waals surface area contributed by atoms with E-state index >= 15 is 0 Å². The van der Waals surface area contributed by atoms with E-state index in [1.807, 2.05) is 0 Å². The van der Waals surface area contributed by atoms with E-state index in [2.05, 4.69) is 15.8 Å². The van der Waals surface area contributed by atoms with Crippen molar-refractivity contribution in [3.05, 3.63) is 65.3 Å². The first-order chi connectivity index (χ1) is 12.5. The van der Waals surface area contributed by atoms with E-state index in [1.54, 1.807) is 19.1 Å². The Hall–Kier alpha value is -3.42. The molecule has 2 heterocycles. The maximum atomic E-state index is 13.5. The van der Waals surface area contributed by atoms with Crippen LogP contribution in [0.4, 0.5) is 4.39 Å². The van der Waals surface area contributed by atoms with Crippen molar-refractivity contribution in [3.8, 4) is 11.5 Å². The Morgan fingerprint density at radius 3 is 2.54 bits per heavy atom. The number of nitrogens with zero attached hydrogens (tertiary/aromatic N) is 1. The Kier molecular flexibility index (Phi) is 5.12. The van der Waals surface area contributed by atoms with E-state index in [-0.39, 0.29) is 24.3 Å². The Morgan fingerprint density at radius 2 is 1.85 bits per heavy atom. The molecule has 1 aromatic carbocycles. The molecule has 8 heteroatoms. The number of hydrogen-bond acceptors (Lipinski definition) is 5. The van der Waals surface area contributed by atoms with Crippen LogP contribution in [0.1, 0.15) is 26.4 Å². The summed E-state index contributed by atoms with van der Waals surface area (Å²) in [7, 11) is 0. The summed E-state index contributed by atoms with van der Waals surface area (Å²) in [5.74, 6) is -0.491. The number of aromatic nitrogens is 1. The Bertz CT molecular complexity index is 918. The topological polar surface area (TPSA) is 97.4 Å². The lowest BCUT2D eigenvalue weighted by molar-refractivity contribution is 0.0922. The first kappa shape index (κ1) is 17.4. The zero-order valence-corrected chi connectivity index (χ0v) is 13.9. The lowest BCUT2D eigenvalue weighted by Crippen LogP contribution is -2.34. The summed E-state index contributed by atoms with van der Waals surface area (Å²) in [4.78, 5) is 23.9. The van der Waals surface area contributed by atoms with Gasteiger partial charge in [-0.25, -0.2) is 4.39 Å². The molecule has 0 aliphatic heterocycles. The summed E-state index contributed by atoms with van der Waals surface area (Å²) < 4.78 is 23.7. The van der Waals surface area contributed by atoms with Crippen LogP contribution in [0.5, 0.6) is 0 Å². The summed E-state index contributed by atoms with van der Waals surface area (Å²) in [5, 5.41) is 8.88. The third kappa shape index (κ3) is 3.97. The molecule has 7 nitrogen and oxygen atoms in total. The first-order valence-electron chi connectivity index (χ1n) is 7.88. The second-order valence-corrected chi connectivity index (χ2v) is 5.53. The van der Waals surface area contributed by atoms with E-state index in [0.29, 0.717) is 17.1 Å². The Balaban J connectivity index is 1.46. The van der Waals surface area contributed by atoms with Crippen molar-refractivity contribution in [3.63, 3.8) is 0 Å². The molecule has 0 bridgehead atoms. The highest BCUT2D eigenvalue weighted by Gasteiger charge is 2.15. The number of aryl methyl sites for hydroxylation is 1. The largest absolute Gasteiger partial charge is 0.461 e. The molecule has 0 saturated carbocycles. The van der Waals surface area contributed by atoms with Crippen molar-refractivity contribution < 1.29 is 22.9 Å². The van der Waals surface area contributed by atoms with Crippen molar-refractivity contribution in [2.75, 3.05) is 13.1 Å². The van der Waals surface area contributed by atoms with E-state index < -0.39 is 17.6 Å². The van der Waals surface area contributed by atoms with Crippen molar-refractivity contribution in [1.29, 1.82) is 0 Å². The van der Waals surface area contributed by atoms with Crippen molar-refractivity contribution in [1.82, 2.24) is 15.8 Å². The SMILES string of the molecule is Cc1ccc(C(=O)NCCNC(=O)c2cc(-c3ccco3)on2)cc1F. The number of carbonyl (C=O) groups excluding carboxylic acids is 2. The van der Waals surface area contributed by atoms with Gasteiger partial charge < -0.3 is 19.6 Å². The highest BCUT2D eigenvalue weighted by atomic mass is 19.1. The van der Waals surface area contributed by atoms with E-state index in [0.717, 1.165) is 0 Å². The number of hydrogen-bond donors (Lipinski definition) is 2. The second kappa shape index (κ2) is 7.64. The summed E-state index contributed by atoms with van der Waals surface area (Å²) in [6.07, 6.45) is 1.49. The number of nitrogens with one attached hydrogen (secondary N) is 2. The smallest absolute Gasteiger partial charge is 0.273 e. The lowest BCUT2D eigenvalue weighted by Gasteiger charge is -2.07. The van der Waals surface area contributed by atoms with Crippen molar-refractivity contribution in [2.45, 2.75) is 6.92 Å². The van der Waals surface area contributed by atoms with Crippen LogP contribution >= 0.6 is 0 Å². The van der Waals surface area contributed by atoms with Gasteiger partial charge in [0.05, 0.1) is 6.26 Å². The lowest BCUT2D eigenvalue weighted by atomic mass is 10.1. The molecule has 0 saturated heterocycles. The highest BCUT2D eigenvalue weighted by Crippen LogP contribution is 2.20. The van der Waals surface area contributed by atoms with Gasteiger partial charge in [-0.1, -0.05) is 11.2 Å². The fourth-order valence-corrected chi connectivity index (χ4v) is 2.20. The molecule has 2 N–H and O–H groups in total. The molecule has 0 atom stereocenters. The molecule has 0 aliphatic carbocycles. The highest BCUT2D eigenvalue weighted by molar-refractivity contribution is 5.94. The predicted molar refractivity (Wildman–Crippen MR) is 90.0 cm³/mol. The van der Waals surface area contributed by atoms with Crippen LogP contribution in [0.15, 0.2) is 51.6 Å². The zero-order chi connectivity index (χ0) is 18.5. The minimum atomic E-state index is -0.442. The molecule has 26 heavy (non-hydrogen) atoms. The fourth-order valence-electron chi connectivity index (χ4n) is 2.20. The van der Waals surface area contributed by atoms with E-state index in [9.17, 15) is 14.0 Å². The van der Waals surface area contributed by atoms with Crippen LogP contribution in [-0.4, -0.2) is 30.1 Å². The van der Waals surface area contributed by atoms with Gasteiger partial charge in [-0.05, 0) is 36.8 Å². The van der Waals surface area contributed by atoms with Gasteiger partial charge >= 0.3 is 0 Å². The summed E-state index contributed by atoms with van der Waals surface area (Å²) in [6.45, 7) is 1.98. The maximum Gasteiger partial charge on any atom is 0.273 e. The molecule has 3 aromatic rings. The third-order valence-electron chi connectivity index (χ3n) is 3.64. The first-order valence-corrected chi connectivity index (χ1v) is 7.88. The predicted octanol–water partition coefficient (Wildman–Crippen LogP) is 2.54. The van der Waals surface area contributed by atoms with Crippen LogP contribution in [0.3, 0.4) is 0 Å². The zero-order valence-electron chi connectivity index (χ0n) is 13.9. The van der Waals surface area contributed by atoms with Crippen LogP contribution < -0.4 is 10.6 Å². The second-order valence-electron chi connectivity index (χ2n) is 5.53. The van der Waals surface area contributed by atoms with E-state index in [4.69, 9.17) is 8.94 Å². The molecule has 0 aliphatic rings. The standard InChI is InChI=1S/C18H16FN3O4/c1-11-4-5-12(9-13(11)19)17(23)20-6-7-21-18(24)14-10-16(26-22-14)15-3-2-8-25-15/h2-5,8-10H,6-7H2,1H3,(H,20,23)(H,21,24). The molecule has 134 valence electrons. The van der Waals surface area contributed by atoms with Crippen LogP contribution in [-0.2, 0) is 0 Å². The van der Waals surface area contributed by atoms with Gasteiger partial charge in [0.15, 0.2) is 11.5 Å². The third-order valence-corrected chi connectivity index (χ3v) is 3.64. The van der Waals surface area contributed by atoms with Crippen LogP contribution in [0, 0.1) is 12.7 Å². The summed E-state index contributed by atoms with van der Waals surface area (Å²) in [5.41, 5.74) is 0.790. The van der Waals surface area contributed by atoms with Crippen molar-refractivity contribution >= 4 is 11.8 Å². The monoisotopic (exact) mass is 357 g/mol. The van der Waals surface area contributed by atoms with Crippen molar-refractivity contribution in [2.24, 2.45) is 0 Å². The normalized spacial score (nSPS) is 10.5.